The van der Waals surface area contributed by atoms with Crippen LogP contribution in [0.2, 0.25) is 0 Å². The number of allylic oxidation sites excluding steroid dienone is 2. The van der Waals surface area contributed by atoms with E-state index in [1.165, 1.54) is 83.5 Å². The van der Waals surface area contributed by atoms with Crippen LogP contribution in [0, 0.1) is 0 Å². The van der Waals surface area contributed by atoms with Gasteiger partial charge in [0, 0.05) is 0 Å². The lowest BCUT2D eigenvalue weighted by Gasteiger charge is -2.01. The molecule has 0 fully saturated rings. The van der Waals surface area contributed by atoms with E-state index in [4.69, 9.17) is 5.73 Å². The van der Waals surface area contributed by atoms with Crippen LogP contribution < -0.4 is 5.73 Å². The van der Waals surface area contributed by atoms with Crippen LogP contribution in [-0.4, -0.2) is 6.54 Å². The van der Waals surface area contributed by atoms with Gasteiger partial charge in [0.25, 0.3) is 0 Å². The van der Waals surface area contributed by atoms with Crippen LogP contribution in [0.15, 0.2) is 12.2 Å². The highest BCUT2D eigenvalue weighted by molar-refractivity contribution is 4.81. The van der Waals surface area contributed by atoms with Crippen molar-refractivity contribution in [3.63, 3.8) is 0 Å². The molecule has 18 heavy (non-hydrogen) atoms. The van der Waals surface area contributed by atoms with Gasteiger partial charge < -0.3 is 5.73 Å². The second-order valence-electron chi connectivity index (χ2n) is 5.37. The lowest BCUT2D eigenvalue weighted by atomic mass is 10.1. The molecule has 1 heteroatoms. The molecule has 0 aliphatic rings. The Morgan fingerprint density at radius 1 is 0.611 bits per heavy atom. The summed E-state index contributed by atoms with van der Waals surface area (Å²) in [4.78, 5) is 0. The van der Waals surface area contributed by atoms with Crippen LogP contribution in [0.4, 0.5) is 0 Å². The molecule has 0 atom stereocenters. The Bertz CT molecular complexity index is 163. The van der Waals surface area contributed by atoms with Crippen molar-refractivity contribution in [2.45, 2.75) is 90.4 Å². The van der Waals surface area contributed by atoms with Gasteiger partial charge in [0.2, 0.25) is 0 Å². The van der Waals surface area contributed by atoms with Gasteiger partial charge in [-0.2, -0.15) is 0 Å². The smallest absolute Gasteiger partial charge is 0.00773 e. The van der Waals surface area contributed by atoms with Gasteiger partial charge in [0.05, 0.1) is 0 Å². The quantitative estimate of drug-likeness (QED) is 0.317. The molecule has 0 amide bonds. The average molecular weight is 253 g/mol. The van der Waals surface area contributed by atoms with Gasteiger partial charge in [-0.1, -0.05) is 76.9 Å². The van der Waals surface area contributed by atoms with E-state index >= 15 is 0 Å². The fourth-order valence-electron chi connectivity index (χ4n) is 2.20. The van der Waals surface area contributed by atoms with Crippen LogP contribution in [0.5, 0.6) is 0 Å². The molecule has 0 aromatic rings. The molecule has 0 spiro atoms. The van der Waals surface area contributed by atoms with E-state index in [0.717, 1.165) is 6.54 Å². The molecule has 2 N–H and O–H groups in total. The van der Waals surface area contributed by atoms with Gasteiger partial charge in [-0.25, -0.2) is 0 Å². The zero-order chi connectivity index (χ0) is 13.3. The predicted octanol–water partition coefficient (Wildman–Crippen LogP) is 5.59. The van der Waals surface area contributed by atoms with Crippen molar-refractivity contribution in [1.82, 2.24) is 0 Å². The van der Waals surface area contributed by atoms with Crippen molar-refractivity contribution >= 4 is 0 Å². The first kappa shape index (κ1) is 17.7. The zero-order valence-corrected chi connectivity index (χ0v) is 12.6. The molecule has 0 aliphatic heterocycles. The Labute approximate surface area is 115 Å². The normalized spacial score (nSPS) is 11.4. The van der Waals surface area contributed by atoms with Gasteiger partial charge in [-0.3, -0.25) is 0 Å². The summed E-state index contributed by atoms with van der Waals surface area (Å²) in [6, 6.07) is 0. The van der Waals surface area contributed by atoms with Crippen molar-refractivity contribution in [1.29, 1.82) is 0 Å². The number of nitrogens with two attached hydrogens (primary N) is 1. The summed E-state index contributed by atoms with van der Waals surface area (Å²) in [5.41, 5.74) is 5.47. The van der Waals surface area contributed by atoms with Gasteiger partial charge >= 0.3 is 0 Å². The Hall–Kier alpha value is -0.300. The predicted molar refractivity (Wildman–Crippen MR) is 83.9 cm³/mol. The Balaban J connectivity index is 2.96. The van der Waals surface area contributed by atoms with Crippen molar-refractivity contribution in [2.75, 3.05) is 6.54 Å². The first-order valence-corrected chi connectivity index (χ1v) is 8.27. The van der Waals surface area contributed by atoms with E-state index in [1.54, 1.807) is 0 Å². The highest BCUT2D eigenvalue weighted by Crippen LogP contribution is 2.10. The Morgan fingerprint density at radius 2 is 1.06 bits per heavy atom. The van der Waals surface area contributed by atoms with E-state index in [9.17, 15) is 0 Å². The molecular weight excluding hydrogens is 218 g/mol. The average Bonchev–Trinajstić information content (AvgIpc) is 2.39. The molecule has 108 valence electrons. The van der Waals surface area contributed by atoms with Crippen LogP contribution in [-0.2, 0) is 0 Å². The van der Waals surface area contributed by atoms with Crippen LogP contribution in [0.1, 0.15) is 90.4 Å². The lowest BCUT2D eigenvalue weighted by molar-refractivity contribution is 0.562. The summed E-state index contributed by atoms with van der Waals surface area (Å²) in [6.45, 7) is 3.12. The molecule has 0 aliphatic carbocycles. The summed E-state index contributed by atoms with van der Waals surface area (Å²) < 4.78 is 0. The SMILES string of the molecule is CCCC/C=C/CCCCCCCCCCCN. The minimum atomic E-state index is 0.867. The van der Waals surface area contributed by atoms with Crippen LogP contribution in [0.25, 0.3) is 0 Å². The van der Waals surface area contributed by atoms with Gasteiger partial charge in [-0.15, -0.1) is 0 Å². The third-order valence-corrected chi connectivity index (χ3v) is 3.47. The van der Waals surface area contributed by atoms with Gasteiger partial charge in [0.1, 0.15) is 0 Å². The maximum Gasteiger partial charge on any atom is -0.00773 e. The largest absolute Gasteiger partial charge is 0.330 e. The molecule has 1 nitrogen and oxygen atoms in total. The molecule has 0 saturated heterocycles. The molecule has 0 aromatic carbocycles. The molecule has 0 bridgehead atoms. The molecular formula is C17H35N. The van der Waals surface area contributed by atoms with Gasteiger partial charge in [0.15, 0.2) is 0 Å². The van der Waals surface area contributed by atoms with Crippen molar-refractivity contribution in [3.05, 3.63) is 12.2 Å². The fraction of sp³-hybridized carbons (Fsp3) is 0.882. The highest BCUT2D eigenvalue weighted by atomic mass is 14.5. The summed E-state index contributed by atoms with van der Waals surface area (Å²) >= 11 is 0. The molecule has 0 radical (unpaired) electrons. The Morgan fingerprint density at radius 3 is 1.56 bits per heavy atom. The molecule has 0 heterocycles. The minimum absolute atomic E-state index is 0.867. The third kappa shape index (κ3) is 15.7. The molecule has 0 unspecified atom stereocenters. The standard InChI is InChI=1S/C17H35N/c1-2-3-4-5-6-7-8-9-10-11-12-13-14-15-16-17-18/h5-6H,2-4,7-18H2,1H3/b6-5+. The number of hydrogen-bond acceptors (Lipinski definition) is 1. The lowest BCUT2D eigenvalue weighted by Crippen LogP contribution is -1.97. The van der Waals surface area contributed by atoms with E-state index in [1.807, 2.05) is 0 Å². The van der Waals surface area contributed by atoms with Crippen LogP contribution in [0.3, 0.4) is 0 Å². The van der Waals surface area contributed by atoms with Crippen molar-refractivity contribution in [3.8, 4) is 0 Å². The summed E-state index contributed by atoms with van der Waals surface area (Å²) in [7, 11) is 0. The topological polar surface area (TPSA) is 26.0 Å². The van der Waals surface area contributed by atoms with Crippen molar-refractivity contribution < 1.29 is 0 Å². The maximum absolute atomic E-state index is 5.47. The molecule has 0 rings (SSSR count). The third-order valence-electron chi connectivity index (χ3n) is 3.47. The first-order chi connectivity index (χ1) is 8.91. The van der Waals surface area contributed by atoms with E-state index in [2.05, 4.69) is 19.1 Å². The summed E-state index contributed by atoms with van der Waals surface area (Å²) in [5.74, 6) is 0. The molecule has 0 aromatic heterocycles. The highest BCUT2D eigenvalue weighted by Gasteiger charge is 1.91. The minimum Gasteiger partial charge on any atom is -0.330 e. The maximum atomic E-state index is 5.47. The van der Waals surface area contributed by atoms with E-state index < -0.39 is 0 Å². The van der Waals surface area contributed by atoms with E-state index in [-0.39, 0.29) is 0 Å². The molecule has 0 saturated carbocycles. The summed E-state index contributed by atoms with van der Waals surface area (Å²) in [6.07, 6.45) is 22.4. The summed E-state index contributed by atoms with van der Waals surface area (Å²) in [5, 5.41) is 0. The Kier molecular flexibility index (Phi) is 16.4. The number of unbranched alkanes of at least 4 members (excludes halogenated alkanes) is 11. The number of rotatable bonds is 14. The second-order valence-corrected chi connectivity index (χ2v) is 5.37. The fourth-order valence-corrected chi connectivity index (χ4v) is 2.20. The monoisotopic (exact) mass is 253 g/mol. The zero-order valence-electron chi connectivity index (χ0n) is 12.6. The van der Waals surface area contributed by atoms with Crippen molar-refractivity contribution in [2.24, 2.45) is 5.73 Å². The number of hydrogen-bond donors (Lipinski definition) is 1. The van der Waals surface area contributed by atoms with Gasteiger partial charge in [-0.05, 0) is 32.2 Å². The van der Waals surface area contributed by atoms with Crippen LogP contribution >= 0.6 is 0 Å². The first-order valence-electron chi connectivity index (χ1n) is 8.27. The van der Waals surface area contributed by atoms with E-state index in [0.29, 0.717) is 0 Å². The second kappa shape index (κ2) is 16.7.